The maximum absolute atomic E-state index is 14.0. The van der Waals surface area contributed by atoms with E-state index >= 15 is 0 Å². The number of carboxylic acid groups (broad SMARTS) is 1. The van der Waals surface area contributed by atoms with Crippen LogP contribution in [0.5, 0.6) is 0 Å². The summed E-state index contributed by atoms with van der Waals surface area (Å²) in [6.07, 6.45) is 0. The zero-order valence-corrected chi connectivity index (χ0v) is 12.3. The Bertz CT molecular complexity index is 627. The molecule has 0 unspecified atom stereocenters. The Kier molecular flexibility index (Phi) is 4.69. The van der Waals surface area contributed by atoms with Crippen LogP contribution in [0.1, 0.15) is 15.2 Å². The standard InChI is InChI=1S/C14H17FN2O2S/c1-16-6-7-17(2)8-9-12-10(15)4-3-5-11(12)20-13(9)14(18)19/h3-5,16H,6-8H2,1-2H3,(H,18,19). The number of carboxylic acids is 1. The summed E-state index contributed by atoms with van der Waals surface area (Å²) in [5.41, 5.74) is 0.564. The van der Waals surface area contributed by atoms with Crippen molar-refractivity contribution >= 4 is 27.4 Å². The first-order valence-corrected chi connectivity index (χ1v) is 7.12. The molecule has 0 fully saturated rings. The van der Waals surface area contributed by atoms with E-state index in [0.717, 1.165) is 24.4 Å². The molecule has 4 nitrogen and oxygen atoms in total. The van der Waals surface area contributed by atoms with Crippen molar-refractivity contribution in [2.24, 2.45) is 0 Å². The summed E-state index contributed by atoms with van der Waals surface area (Å²) in [6.45, 7) is 1.98. The van der Waals surface area contributed by atoms with Crippen LogP contribution in [0, 0.1) is 5.82 Å². The molecule has 2 rings (SSSR count). The summed E-state index contributed by atoms with van der Waals surface area (Å²) >= 11 is 1.13. The average Bonchev–Trinajstić information content (AvgIpc) is 2.77. The molecule has 1 heterocycles. The van der Waals surface area contributed by atoms with Crippen molar-refractivity contribution in [1.82, 2.24) is 10.2 Å². The molecular weight excluding hydrogens is 279 g/mol. The highest BCUT2D eigenvalue weighted by Gasteiger charge is 2.20. The van der Waals surface area contributed by atoms with Crippen molar-refractivity contribution in [2.75, 3.05) is 27.2 Å². The minimum atomic E-state index is -0.998. The highest BCUT2D eigenvalue weighted by atomic mass is 32.1. The van der Waals surface area contributed by atoms with Crippen molar-refractivity contribution in [3.8, 4) is 0 Å². The normalized spacial score (nSPS) is 11.4. The zero-order chi connectivity index (χ0) is 14.7. The quantitative estimate of drug-likeness (QED) is 0.859. The third-order valence-electron chi connectivity index (χ3n) is 3.13. The number of thiophene rings is 1. The minimum absolute atomic E-state index is 0.224. The topological polar surface area (TPSA) is 52.6 Å². The Labute approximate surface area is 120 Å². The monoisotopic (exact) mass is 296 g/mol. The fourth-order valence-electron chi connectivity index (χ4n) is 2.14. The van der Waals surface area contributed by atoms with E-state index in [0.29, 0.717) is 22.2 Å². The first-order chi connectivity index (χ1) is 9.54. The summed E-state index contributed by atoms with van der Waals surface area (Å²) < 4.78 is 14.7. The molecule has 0 saturated heterocycles. The van der Waals surface area contributed by atoms with Gasteiger partial charge in [0.1, 0.15) is 10.7 Å². The maximum atomic E-state index is 14.0. The van der Waals surface area contributed by atoms with Gasteiger partial charge in [0.25, 0.3) is 0 Å². The van der Waals surface area contributed by atoms with Crippen LogP contribution in [-0.4, -0.2) is 43.2 Å². The van der Waals surface area contributed by atoms with Gasteiger partial charge in [-0.2, -0.15) is 0 Å². The molecule has 0 saturated carbocycles. The highest BCUT2D eigenvalue weighted by Crippen LogP contribution is 2.33. The maximum Gasteiger partial charge on any atom is 0.346 e. The van der Waals surface area contributed by atoms with Gasteiger partial charge in [0.2, 0.25) is 0 Å². The summed E-state index contributed by atoms with van der Waals surface area (Å²) in [6, 6.07) is 4.73. The Balaban J connectivity index is 2.43. The van der Waals surface area contributed by atoms with Crippen molar-refractivity contribution in [3.05, 3.63) is 34.5 Å². The Morgan fingerprint density at radius 1 is 1.50 bits per heavy atom. The first kappa shape index (κ1) is 14.9. The Morgan fingerprint density at radius 3 is 2.90 bits per heavy atom. The van der Waals surface area contributed by atoms with Gasteiger partial charge in [-0.25, -0.2) is 9.18 Å². The molecule has 0 bridgehead atoms. The number of halogens is 1. The fraction of sp³-hybridized carbons (Fsp3) is 0.357. The van der Waals surface area contributed by atoms with E-state index in [1.54, 1.807) is 12.1 Å². The van der Waals surface area contributed by atoms with Crippen molar-refractivity contribution in [1.29, 1.82) is 0 Å². The second-order valence-corrected chi connectivity index (χ2v) is 5.72. The SMILES string of the molecule is CNCCN(C)Cc1c(C(=O)O)sc2cccc(F)c12. The van der Waals surface area contributed by atoms with Crippen molar-refractivity contribution < 1.29 is 14.3 Å². The molecule has 20 heavy (non-hydrogen) atoms. The van der Waals surface area contributed by atoms with Gasteiger partial charge in [-0.15, -0.1) is 11.3 Å². The van der Waals surface area contributed by atoms with E-state index in [9.17, 15) is 14.3 Å². The number of carbonyl (C=O) groups is 1. The second kappa shape index (κ2) is 6.30. The Morgan fingerprint density at radius 2 is 2.25 bits per heavy atom. The van der Waals surface area contributed by atoms with Gasteiger partial charge < -0.3 is 15.3 Å². The molecular formula is C14H17FN2O2S. The summed E-state index contributed by atoms with van der Waals surface area (Å²) in [5.74, 6) is -1.36. The lowest BCUT2D eigenvalue weighted by Gasteiger charge is -2.16. The largest absolute Gasteiger partial charge is 0.477 e. The molecule has 0 aliphatic carbocycles. The van der Waals surface area contributed by atoms with Gasteiger partial charge in [-0.1, -0.05) is 6.07 Å². The van der Waals surface area contributed by atoms with E-state index in [4.69, 9.17) is 0 Å². The number of hydrogen-bond donors (Lipinski definition) is 2. The number of benzene rings is 1. The van der Waals surface area contributed by atoms with Crippen molar-refractivity contribution in [2.45, 2.75) is 6.54 Å². The molecule has 0 amide bonds. The highest BCUT2D eigenvalue weighted by molar-refractivity contribution is 7.21. The first-order valence-electron chi connectivity index (χ1n) is 6.31. The molecule has 1 aromatic carbocycles. The van der Waals surface area contributed by atoms with E-state index in [2.05, 4.69) is 5.32 Å². The van der Waals surface area contributed by atoms with Gasteiger partial charge in [0, 0.05) is 35.3 Å². The Hall–Kier alpha value is -1.50. The van der Waals surface area contributed by atoms with Crippen LogP contribution in [0.3, 0.4) is 0 Å². The lowest BCUT2D eigenvalue weighted by atomic mass is 10.1. The predicted octanol–water partition coefficient (Wildman–Crippen LogP) is 2.39. The third kappa shape index (κ3) is 2.98. The van der Waals surface area contributed by atoms with E-state index in [1.807, 2.05) is 19.0 Å². The molecule has 0 aliphatic heterocycles. The lowest BCUT2D eigenvalue weighted by Crippen LogP contribution is -2.27. The molecule has 2 N–H and O–H groups in total. The van der Waals surface area contributed by atoms with E-state index in [1.165, 1.54) is 6.07 Å². The number of rotatable bonds is 6. The van der Waals surface area contributed by atoms with Crippen LogP contribution in [0.25, 0.3) is 10.1 Å². The fourth-order valence-corrected chi connectivity index (χ4v) is 3.21. The molecule has 0 aliphatic rings. The van der Waals surface area contributed by atoms with Gasteiger partial charge in [0.05, 0.1) is 0 Å². The summed E-state index contributed by atoms with van der Waals surface area (Å²) in [7, 11) is 3.75. The van der Waals surface area contributed by atoms with Gasteiger partial charge in [0.15, 0.2) is 0 Å². The number of nitrogens with one attached hydrogen (secondary N) is 1. The average molecular weight is 296 g/mol. The number of aromatic carboxylic acids is 1. The number of fused-ring (bicyclic) bond motifs is 1. The van der Waals surface area contributed by atoms with Gasteiger partial charge in [-0.3, -0.25) is 0 Å². The molecule has 0 radical (unpaired) electrons. The van der Waals surface area contributed by atoms with Crippen LogP contribution in [-0.2, 0) is 6.54 Å². The third-order valence-corrected chi connectivity index (χ3v) is 4.31. The molecule has 1 aromatic heterocycles. The second-order valence-electron chi connectivity index (χ2n) is 4.67. The number of nitrogens with zero attached hydrogens (tertiary/aromatic N) is 1. The van der Waals surface area contributed by atoms with E-state index in [-0.39, 0.29) is 10.7 Å². The van der Waals surface area contributed by atoms with Crippen LogP contribution < -0.4 is 5.32 Å². The number of hydrogen-bond acceptors (Lipinski definition) is 4. The smallest absolute Gasteiger partial charge is 0.346 e. The number of likely N-dealkylation sites (N-methyl/N-ethyl adjacent to an activating group) is 2. The molecule has 108 valence electrons. The zero-order valence-electron chi connectivity index (χ0n) is 11.4. The van der Waals surface area contributed by atoms with Gasteiger partial charge in [-0.05, 0) is 26.2 Å². The summed E-state index contributed by atoms with van der Waals surface area (Å²) in [5, 5.41) is 12.8. The van der Waals surface area contributed by atoms with Crippen LogP contribution in [0.4, 0.5) is 4.39 Å². The lowest BCUT2D eigenvalue weighted by molar-refractivity contribution is 0.0700. The van der Waals surface area contributed by atoms with Crippen LogP contribution in [0.2, 0.25) is 0 Å². The molecule has 2 aromatic rings. The summed E-state index contributed by atoms with van der Waals surface area (Å²) in [4.78, 5) is 13.6. The van der Waals surface area contributed by atoms with Crippen LogP contribution >= 0.6 is 11.3 Å². The van der Waals surface area contributed by atoms with Crippen molar-refractivity contribution in [3.63, 3.8) is 0 Å². The van der Waals surface area contributed by atoms with Crippen LogP contribution in [0.15, 0.2) is 18.2 Å². The molecule has 6 heteroatoms. The minimum Gasteiger partial charge on any atom is -0.477 e. The predicted molar refractivity (Wildman–Crippen MR) is 79.0 cm³/mol. The molecule has 0 spiro atoms. The molecule has 0 atom stereocenters. The van der Waals surface area contributed by atoms with Gasteiger partial charge >= 0.3 is 5.97 Å². The van der Waals surface area contributed by atoms with E-state index < -0.39 is 5.97 Å².